The van der Waals surface area contributed by atoms with Crippen molar-refractivity contribution < 1.29 is 31.4 Å². The van der Waals surface area contributed by atoms with E-state index in [9.17, 15) is 4.79 Å². The molecule has 0 amide bonds. The molecule has 0 saturated heterocycles. The molecule has 0 aromatic heterocycles. The third kappa shape index (κ3) is 13.4. The maximum absolute atomic E-state index is 12.4. The second-order valence-electron chi connectivity index (χ2n) is 12.3. The molecule has 1 atom stereocenters. The summed E-state index contributed by atoms with van der Waals surface area (Å²) in [6, 6.07) is 14.9. The number of esters is 1. The average Bonchev–Trinajstić information content (AvgIpc) is 2.78. The zero-order chi connectivity index (χ0) is 29.3. The first-order valence-electron chi connectivity index (χ1n) is 13.7. The smallest absolute Gasteiger partial charge is 0.343 e. The van der Waals surface area contributed by atoms with Gasteiger partial charge in [-0.25, -0.2) is 4.79 Å². The van der Waals surface area contributed by atoms with Crippen LogP contribution in [0.5, 0.6) is 17.2 Å². The summed E-state index contributed by atoms with van der Waals surface area (Å²) in [7, 11) is -6.50. The lowest BCUT2D eigenvalue weighted by molar-refractivity contribution is 0.0734. The van der Waals surface area contributed by atoms with E-state index in [2.05, 4.69) is 58.9 Å². The van der Waals surface area contributed by atoms with Gasteiger partial charge in [-0.1, -0.05) is 12.8 Å². The molecule has 0 fully saturated rings. The Morgan fingerprint density at radius 3 is 1.72 bits per heavy atom. The highest BCUT2D eigenvalue weighted by molar-refractivity contribution is 6.89. The SMILES string of the molecule is COc1ccc(OC(=O)c2ccc(OCCCCC[Si](C)(O[Si](C)(C)C)O[Si](C)(C)O[Si](C)(C)C)cc2)cc1. The van der Waals surface area contributed by atoms with E-state index in [1.54, 1.807) is 55.6 Å². The van der Waals surface area contributed by atoms with E-state index in [1.807, 2.05) is 0 Å². The molecular formula is C28H48O7Si4. The van der Waals surface area contributed by atoms with Crippen molar-refractivity contribution in [3.63, 3.8) is 0 Å². The number of carbonyl (C=O) groups excluding carboxylic acids is 1. The summed E-state index contributed by atoms with van der Waals surface area (Å²) >= 11 is 0. The van der Waals surface area contributed by atoms with Crippen molar-refractivity contribution in [2.45, 2.75) is 84.2 Å². The van der Waals surface area contributed by atoms with Crippen LogP contribution in [0.25, 0.3) is 0 Å². The van der Waals surface area contributed by atoms with E-state index in [-0.39, 0.29) is 0 Å². The van der Waals surface area contributed by atoms with E-state index < -0.39 is 39.7 Å². The van der Waals surface area contributed by atoms with Gasteiger partial charge in [0.25, 0.3) is 0 Å². The minimum absolute atomic E-state index is 0.414. The summed E-state index contributed by atoms with van der Waals surface area (Å²) in [4.78, 5) is 12.4. The molecule has 0 spiro atoms. The van der Waals surface area contributed by atoms with Gasteiger partial charge < -0.3 is 26.6 Å². The third-order valence-electron chi connectivity index (χ3n) is 5.44. The molecule has 7 nitrogen and oxygen atoms in total. The number of methoxy groups -OCH3 is 1. The summed E-state index contributed by atoms with van der Waals surface area (Å²) in [5.41, 5.74) is 0.467. The first kappa shape index (κ1) is 33.5. The highest BCUT2D eigenvalue weighted by atomic mass is 28.5. The molecule has 0 N–H and O–H groups in total. The van der Waals surface area contributed by atoms with E-state index in [1.165, 1.54) is 0 Å². The van der Waals surface area contributed by atoms with Crippen molar-refractivity contribution in [2.24, 2.45) is 0 Å². The van der Waals surface area contributed by atoms with Gasteiger partial charge in [0.1, 0.15) is 17.2 Å². The lowest BCUT2D eigenvalue weighted by Gasteiger charge is -2.41. The van der Waals surface area contributed by atoms with E-state index in [0.717, 1.165) is 31.1 Å². The average molecular weight is 609 g/mol. The van der Waals surface area contributed by atoms with Gasteiger partial charge in [0.2, 0.25) is 0 Å². The number of rotatable bonds is 16. The van der Waals surface area contributed by atoms with Gasteiger partial charge in [0.15, 0.2) is 16.6 Å². The number of unbranched alkanes of at least 4 members (excludes halogenated alkanes) is 2. The largest absolute Gasteiger partial charge is 0.497 e. The van der Waals surface area contributed by atoms with Gasteiger partial charge in [-0.2, -0.15) is 0 Å². The minimum atomic E-state index is -2.36. The van der Waals surface area contributed by atoms with Crippen LogP contribution in [0.3, 0.4) is 0 Å². The van der Waals surface area contributed by atoms with Crippen LogP contribution < -0.4 is 14.2 Å². The predicted molar refractivity (Wildman–Crippen MR) is 168 cm³/mol. The summed E-state index contributed by atoms with van der Waals surface area (Å²) in [5.74, 6) is 1.49. The molecule has 0 aliphatic rings. The molecule has 1 unspecified atom stereocenters. The molecule has 2 aromatic carbocycles. The van der Waals surface area contributed by atoms with Gasteiger partial charge in [-0.15, -0.1) is 0 Å². The summed E-state index contributed by atoms with van der Waals surface area (Å²) in [5, 5.41) is 0. The molecular weight excluding hydrogens is 561 g/mol. The monoisotopic (exact) mass is 608 g/mol. The molecule has 0 saturated carbocycles. The number of ether oxygens (including phenoxy) is 3. The Balaban J connectivity index is 1.80. The van der Waals surface area contributed by atoms with Crippen LogP contribution in [0, 0.1) is 0 Å². The number of hydrogen-bond donors (Lipinski definition) is 0. The molecule has 0 aliphatic heterocycles. The number of hydrogen-bond acceptors (Lipinski definition) is 7. The highest BCUT2D eigenvalue weighted by Crippen LogP contribution is 2.28. The van der Waals surface area contributed by atoms with Gasteiger partial charge in [0, 0.05) is 0 Å². The standard InChI is InChI=1S/C28H48O7Si4/c1-30-25-18-20-27(21-19-25)32-28(29)24-14-16-26(17-15-24)31-22-12-11-13-23-39(10,34-37(5,6)7)35-38(8,9)33-36(2,3)4/h14-21H,11-13,22-23H2,1-10H3. The van der Waals surface area contributed by atoms with E-state index in [0.29, 0.717) is 23.7 Å². The van der Waals surface area contributed by atoms with Gasteiger partial charge in [-0.05, 0) is 120 Å². The Kier molecular flexibility index (Phi) is 12.2. The van der Waals surface area contributed by atoms with Crippen LogP contribution in [-0.4, -0.2) is 53.4 Å². The second kappa shape index (κ2) is 14.2. The molecule has 0 radical (unpaired) electrons. The zero-order valence-electron chi connectivity index (χ0n) is 25.5. The Labute approximate surface area is 239 Å². The van der Waals surface area contributed by atoms with E-state index >= 15 is 0 Å². The van der Waals surface area contributed by atoms with Crippen LogP contribution in [0.4, 0.5) is 0 Å². The lowest BCUT2D eigenvalue weighted by Crippen LogP contribution is -2.56. The topological polar surface area (TPSA) is 72.5 Å². The lowest BCUT2D eigenvalue weighted by atomic mass is 10.2. The molecule has 0 aliphatic carbocycles. The van der Waals surface area contributed by atoms with Crippen molar-refractivity contribution in [1.82, 2.24) is 0 Å². The van der Waals surface area contributed by atoms with Crippen molar-refractivity contribution >= 4 is 39.7 Å². The summed E-state index contributed by atoms with van der Waals surface area (Å²) in [6.45, 7) is 20.5. The minimum Gasteiger partial charge on any atom is -0.497 e. The van der Waals surface area contributed by atoms with Crippen molar-refractivity contribution in [3.05, 3.63) is 54.1 Å². The van der Waals surface area contributed by atoms with E-state index in [4.69, 9.17) is 26.6 Å². The fraction of sp³-hybridized carbons (Fsp3) is 0.536. The van der Waals surface area contributed by atoms with Crippen LogP contribution in [-0.2, 0) is 12.3 Å². The Hall–Kier alpha value is -1.74. The maximum Gasteiger partial charge on any atom is 0.343 e. The molecule has 2 rings (SSSR count). The zero-order valence-corrected chi connectivity index (χ0v) is 29.5. The van der Waals surface area contributed by atoms with Gasteiger partial charge in [-0.3, -0.25) is 0 Å². The third-order valence-corrected chi connectivity index (χ3v) is 19.0. The second-order valence-corrected chi connectivity index (χ2v) is 28.8. The van der Waals surface area contributed by atoms with Gasteiger partial charge >= 0.3 is 23.1 Å². The Morgan fingerprint density at radius 2 is 1.18 bits per heavy atom. The first-order valence-corrected chi connectivity index (χ1v) is 25.8. The normalized spacial score (nSPS) is 14.0. The van der Waals surface area contributed by atoms with Crippen LogP contribution in [0.1, 0.15) is 29.6 Å². The van der Waals surface area contributed by atoms with Crippen LogP contribution >= 0.6 is 0 Å². The van der Waals surface area contributed by atoms with Crippen molar-refractivity contribution in [2.75, 3.05) is 13.7 Å². The quantitative estimate of drug-likeness (QED) is 0.0828. The first-order chi connectivity index (χ1) is 18.0. The Morgan fingerprint density at radius 1 is 0.641 bits per heavy atom. The molecule has 2 aromatic rings. The van der Waals surface area contributed by atoms with Crippen LogP contribution in [0.2, 0.25) is 65.0 Å². The number of benzene rings is 2. The Bertz CT molecular complexity index is 1030. The van der Waals surface area contributed by atoms with Gasteiger partial charge in [0.05, 0.1) is 19.3 Å². The van der Waals surface area contributed by atoms with Crippen molar-refractivity contribution in [1.29, 1.82) is 0 Å². The summed E-state index contributed by atoms with van der Waals surface area (Å²) in [6.07, 6.45) is 3.00. The maximum atomic E-state index is 12.4. The molecule has 39 heavy (non-hydrogen) atoms. The van der Waals surface area contributed by atoms with Crippen molar-refractivity contribution in [3.8, 4) is 17.2 Å². The van der Waals surface area contributed by atoms with Crippen LogP contribution in [0.15, 0.2) is 48.5 Å². The predicted octanol–water partition coefficient (Wildman–Crippen LogP) is 7.96. The fourth-order valence-corrected chi connectivity index (χ4v) is 22.5. The molecule has 0 bridgehead atoms. The molecule has 218 valence electrons. The molecule has 0 heterocycles. The molecule has 11 heteroatoms. The summed E-state index contributed by atoms with van der Waals surface area (Å²) < 4.78 is 36.4. The fourth-order valence-electron chi connectivity index (χ4n) is 4.46. The number of carbonyl (C=O) groups is 1. The highest BCUT2D eigenvalue weighted by Gasteiger charge is 2.44.